The summed E-state index contributed by atoms with van der Waals surface area (Å²) in [5.41, 5.74) is 2.16. The van der Waals surface area contributed by atoms with Gasteiger partial charge in [-0.3, -0.25) is 9.59 Å². The molecule has 4 rings (SSSR count). The molecule has 2 heterocycles. The number of hydrogen-bond acceptors (Lipinski definition) is 4. The van der Waals surface area contributed by atoms with Gasteiger partial charge in [-0.15, -0.1) is 13.2 Å². The van der Waals surface area contributed by atoms with Crippen molar-refractivity contribution in [3.8, 4) is 5.75 Å². The summed E-state index contributed by atoms with van der Waals surface area (Å²) < 4.78 is 41.2. The molecule has 1 fully saturated rings. The van der Waals surface area contributed by atoms with Crippen LogP contribution in [-0.2, 0) is 16.0 Å². The van der Waals surface area contributed by atoms with Crippen molar-refractivity contribution >= 4 is 28.4 Å². The number of aromatic nitrogens is 1. The second-order valence-corrected chi connectivity index (χ2v) is 6.93. The number of rotatable bonds is 6. The van der Waals surface area contributed by atoms with E-state index >= 15 is 0 Å². The molecule has 3 aromatic rings. The largest absolute Gasteiger partial charge is 0.573 e. The van der Waals surface area contributed by atoms with Gasteiger partial charge in [0.05, 0.1) is 18.2 Å². The average Bonchev–Trinajstić information content (AvgIpc) is 3.21. The lowest BCUT2D eigenvalue weighted by Crippen LogP contribution is -2.39. The number of carbonyl (C=O) groups excluding carboxylic acids is 2. The van der Waals surface area contributed by atoms with E-state index in [9.17, 15) is 22.8 Å². The molecule has 156 valence electrons. The number of halogens is 3. The Morgan fingerprint density at radius 2 is 1.93 bits per heavy atom. The van der Waals surface area contributed by atoms with Gasteiger partial charge in [-0.2, -0.15) is 0 Å². The topological polar surface area (TPSA) is 74.4 Å². The van der Waals surface area contributed by atoms with Crippen molar-refractivity contribution in [2.45, 2.75) is 25.2 Å². The molecule has 30 heavy (non-hydrogen) atoms. The van der Waals surface area contributed by atoms with Gasteiger partial charge in [-0.25, -0.2) is 4.90 Å². The van der Waals surface area contributed by atoms with Crippen LogP contribution in [-0.4, -0.2) is 35.7 Å². The Labute approximate surface area is 169 Å². The van der Waals surface area contributed by atoms with Gasteiger partial charge in [-0.1, -0.05) is 24.3 Å². The normalized spacial score (nSPS) is 17.2. The molecule has 1 aliphatic rings. The van der Waals surface area contributed by atoms with Crippen molar-refractivity contribution in [3.05, 3.63) is 60.3 Å². The minimum absolute atomic E-state index is 0.0488. The molecular formula is C21H18F3N3O3. The first-order chi connectivity index (χ1) is 14.3. The average molecular weight is 417 g/mol. The standard InChI is InChI=1S/C21H18F3N3O3/c22-21(23,24)30-15-5-3-4-14(10-15)27-19(28)11-18(20(27)29)25-9-8-13-12-26-17-7-2-1-6-16(13)17/h1-7,10,12,18,25-26H,8-9,11H2/t18-/m0/s1. The molecule has 2 N–H and O–H groups in total. The second-order valence-electron chi connectivity index (χ2n) is 6.93. The Bertz CT molecular complexity index is 1090. The Morgan fingerprint density at radius 3 is 2.73 bits per heavy atom. The number of hydrogen-bond donors (Lipinski definition) is 2. The maximum Gasteiger partial charge on any atom is 0.573 e. The number of imide groups is 1. The first-order valence-electron chi connectivity index (χ1n) is 9.33. The summed E-state index contributed by atoms with van der Waals surface area (Å²) in [5, 5.41) is 4.17. The van der Waals surface area contributed by atoms with Crippen LogP contribution in [0.15, 0.2) is 54.7 Å². The smallest absolute Gasteiger partial charge is 0.406 e. The molecule has 6 nitrogen and oxygen atoms in total. The number of H-pyrrole nitrogens is 1. The van der Waals surface area contributed by atoms with Gasteiger partial charge in [0.15, 0.2) is 0 Å². The number of benzene rings is 2. The summed E-state index contributed by atoms with van der Waals surface area (Å²) in [5.74, 6) is -1.46. The van der Waals surface area contributed by atoms with Gasteiger partial charge < -0.3 is 15.0 Å². The van der Waals surface area contributed by atoms with Crippen molar-refractivity contribution < 1.29 is 27.5 Å². The molecule has 0 spiro atoms. The summed E-state index contributed by atoms with van der Waals surface area (Å²) in [4.78, 5) is 29.1. The number of para-hydroxylation sites is 1. The van der Waals surface area contributed by atoms with Gasteiger partial charge in [0, 0.05) is 29.7 Å². The van der Waals surface area contributed by atoms with Crippen molar-refractivity contribution in [1.82, 2.24) is 10.3 Å². The monoisotopic (exact) mass is 417 g/mol. The predicted octanol–water partition coefficient (Wildman–Crippen LogP) is 3.53. The van der Waals surface area contributed by atoms with Crippen LogP contribution in [0.25, 0.3) is 10.9 Å². The molecule has 1 aromatic heterocycles. The van der Waals surface area contributed by atoms with E-state index in [1.54, 1.807) is 0 Å². The third-order valence-corrected chi connectivity index (χ3v) is 4.92. The number of amides is 2. The quantitative estimate of drug-likeness (QED) is 0.602. The molecule has 1 atom stereocenters. The molecule has 0 bridgehead atoms. The van der Waals surface area contributed by atoms with Crippen molar-refractivity contribution in [3.63, 3.8) is 0 Å². The zero-order valence-electron chi connectivity index (χ0n) is 15.7. The number of fused-ring (bicyclic) bond motifs is 1. The van der Waals surface area contributed by atoms with E-state index in [1.807, 2.05) is 30.5 Å². The minimum Gasteiger partial charge on any atom is -0.406 e. The van der Waals surface area contributed by atoms with E-state index < -0.39 is 30.0 Å². The van der Waals surface area contributed by atoms with E-state index in [0.29, 0.717) is 13.0 Å². The Balaban J connectivity index is 1.41. The lowest BCUT2D eigenvalue weighted by atomic mass is 10.1. The van der Waals surface area contributed by atoms with Crippen LogP contribution in [0.3, 0.4) is 0 Å². The van der Waals surface area contributed by atoms with Crippen LogP contribution >= 0.6 is 0 Å². The number of aromatic amines is 1. The maximum absolute atomic E-state index is 12.7. The highest BCUT2D eigenvalue weighted by molar-refractivity contribution is 6.22. The predicted molar refractivity (Wildman–Crippen MR) is 104 cm³/mol. The van der Waals surface area contributed by atoms with E-state index in [1.165, 1.54) is 12.1 Å². The molecule has 2 amide bonds. The summed E-state index contributed by atoms with van der Waals surface area (Å²) in [7, 11) is 0. The molecule has 9 heteroatoms. The van der Waals surface area contributed by atoms with Crippen LogP contribution in [0, 0.1) is 0 Å². The lowest BCUT2D eigenvalue weighted by Gasteiger charge is -2.17. The zero-order valence-corrected chi connectivity index (χ0v) is 15.7. The van der Waals surface area contributed by atoms with Gasteiger partial charge >= 0.3 is 6.36 Å². The van der Waals surface area contributed by atoms with Gasteiger partial charge in [0.25, 0.3) is 5.91 Å². The number of alkyl halides is 3. The Hall–Kier alpha value is -3.33. The third kappa shape index (κ3) is 4.16. The highest BCUT2D eigenvalue weighted by Crippen LogP contribution is 2.29. The van der Waals surface area contributed by atoms with Crippen LogP contribution in [0.1, 0.15) is 12.0 Å². The summed E-state index contributed by atoms with van der Waals surface area (Å²) in [6, 6.07) is 12.0. The molecule has 0 saturated carbocycles. The van der Waals surface area contributed by atoms with E-state index in [2.05, 4.69) is 15.0 Å². The molecule has 2 aromatic carbocycles. The number of carbonyl (C=O) groups is 2. The zero-order chi connectivity index (χ0) is 21.3. The Morgan fingerprint density at radius 1 is 1.13 bits per heavy atom. The fraction of sp³-hybridized carbons (Fsp3) is 0.238. The van der Waals surface area contributed by atoms with E-state index in [-0.39, 0.29) is 12.1 Å². The van der Waals surface area contributed by atoms with Gasteiger partial charge in [-0.05, 0) is 30.2 Å². The molecule has 0 radical (unpaired) electrons. The first-order valence-corrected chi connectivity index (χ1v) is 9.33. The fourth-order valence-electron chi connectivity index (χ4n) is 3.60. The minimum atomic E-state index is -4.86. The van der Waals surface area contributed by atoms with Crippen LogP contribution in [0.4, 0.5) is 18.9 Å². The van der Waals surface area contributed by atoms with Crippen LogP contribution in [0.2, 0.25) is 0 Å². The van der Waals surface area contributed by atoms with Gasteiger partial charge in [0.2, 0.25) is 5.91 Å². The van der Waals surface area contributed by atoms with Crippen molar-refractivity contribution in [2.24, 2.45) is 0 Å². The van der Waals surface area contributed by atoms with Crippen molar-refractivity contribution in [2.75, 3.05) is 11.4 Å². The number of nitrogens with one attached hydrogen (secondary N) is 2. The van der Waals surface area contributed by atoms with Gasteiger partial charge in [0.1, 0.15) is 5.75 Å². The molecule has 1 aliphatic heterocycles. The first kappa shape index (κ1) is 20.0. The second kappa shape index (κ2) is 7.83. The van der Waals surface area contributed by atoms with E-state index in [4.69, 9.17) is 0 Å². The van der Waals surface area contributed by atoms with Crippen molar-refractivity contribution in [1.29, 1.82) is 0 Å². The highest BCUT2D eigenvalue weighted by atomic mass is 19.4. The number of nitrogens with zero attached hydrogens (tertiary/aromatic N) is 1. The highest BCUT2D eigenvalue weighted by Gasteiger charge is 2.39. The summed E-state index contributed by atoms with van der Waals surface area (Å²) in [6.07, 6.45) is -2.36. The molecule has 0 aliphatic carbocycles. The van der Waals surface area contributed by atoms with E-state index in [0.717, 1.165) is 33.5 Å². The maximum atomic E-state index is 12.7. The molecule has 0 unspecified atom stereocenters. The lowest BCUT2D eigenvalue weighted by molar-refractivity contribution is -0.274. The number of anilines is 1. The molecule has 1 saturated heterocycles. The summed E-state index contributed by atoms with van der Waals surface area (Å²) >= 11 is 0. The summed E-state index contributed by atoms with van der Waals surface area (Å²) in [6.45, 7) is 0.469. The SMILES string of the molecule is O=C1C[C@H](NCCc2c[nH]c3ccccc23)C(=O)N1c1cccc(OC(F)(F)F)c1. The Kier molecular flexibility index (Phi) is 5.21. The fourth-order valence-corrected chi connectivity index (χ4v) is 3.60. The number of ether oxygens (including phenoxy) is 1. The van der Waals surface area contributed by atoms with Crippen LogP contribution < -0.4 is 15.0 Å². The molecular weight excluding hydrogens is 399 g/mol. The van der Waals surface area contributed by atoms with Crippen LogP contribution in [0.5, 0.6) is 5.75 Å². The third-order valence-electron chi connectivity index (χ3n) is 4.92.